The fourth-order valence-electron chi connectivity index (χ4n) is 0.893. The first-order valence-electron chi connectivity index (χ1n) is 4.35. The predicted octanol–water partition coefficient (Wildman–Crippen LogP) is 0.0956. The lowest BCUT2D eigenvalue weighted by Crippen LogP contribution is -2.48. The minimum Gasteiger partial charge on any atom is -0.468 e. The average Bonchev–Trinajstić information content (AvgIpc) is 2.60. The number of hydrogen-bond donors (Lipinski definition) is 2. The number of aryl methyl sites for hydroxylation is 1. The number of rotatable bonds is 4. The molecular weight excluding hydrogens is 216 g/mol. The van der Waals surface area contributed by atoms with Crippen LogP contribution in [0.15, 0.2) is 5.16 Å². The number of aromatic nitrogens is 3. The molecule has 1 rings (SSSR count). The Morgan fingerprint density at radius 3 is 2.87 bits per heavy atom. The molecule has 1 aromatic rings. The first-order valence-corrected chi connectivity index (χ1v) is 5.33. The zero-order valence-corrected chi connectivity index (χ0v) is 9.72. The van der Waals surface area contributed by atoms with E-state index in [1.807, 2.05) is 0 Å². The molecule has 0 aliphatic carbocycles. The van der Waals surface area contributed by atoms with Gasteiger partial charge in [-0.3, -0.25) is 9.89 Å². The molecule has 0 aromatic carbocycles. The second-order valence-corrected chi connectivity index (χ2v) is 4.34. The Kier molecular flexibility index (Phi) is 3.70. The largest absolute Gasteiger partial charge is 0.468 e. The van der Waals surface area contributed by atoms with E-state index < -0.39 is 11.5 Å². The monoisotopic (exact) mass is 230 g/mol. The maximum absolute atomic E-state index is 11.3. The lowest BCUT2D eigenvalue weighted by molar-refractivity contribution is -0.145. The summed E-state index contributed by atoms with van der Waals surface area (Å²) in [6, 6.07) is 0. The van der Waals surface area contributed by atoms with Crippen molar-refractivity contribution in [1.29, 1.82) is 0 Å². The van der Waals surface area contributed by atoms with Crippen molar-refractivity contribution in [2.75, 3.05) is 12.9 Å². The minimum atomic E-state index is -1.02. The fraction of sp³-hybridized carbons (Fsp3) is 0.625. The van der Waals surface area contributed by atoms with Crippen molar-refractivity contribution >= 4 is 17.7 Å². The van der Waals surface area contributed by atoms with Crippen molar-refractivity contribution < 1.29 is 9.53 Å². The fourth-order valence-corrected chi connectivity index (χ4v) is 1.75. The van der Waals surface area contributed by atoms with Crippen LogP contribution in [0.5, 0.6) is 0 Å². The van der Waals surface area contributed by atoms with Crippen LogP contribution in [-0.2, 0) is 9.53 Å². The first kappa shape index (κ1) is 12.0. The summed E-state index contributed by atoms with van der Waals surface area (Å²) in [6.07, 6.45) is 0. The maximum atomic E-state index is 11.3. The van der Waals surface area contributed by atoms with E-state index in [0.717, 1.165) is 5.82 Å². The zero-order valence-electron chi connectivity index (χ0n) is 8.90. The number of esters is 1. The summed E-state index contributed by atoms with van der Waals surface area (Å²) in [5, 5.41) is 7.21. The second kappa shape index (κ2) is 4.63. The number of methoxy groups -OCH3 is 1. The van der Waals surface area contributed by atoms with Gasteiger partial charge in [0.05, 0.1) is 7.11 Å². The SMILES string of the molecule is COC(=O)C(C)(N)CSc1n[nH]c(C)n1. The van der Waals surface area contributed by atoms with E-state index in [2.05, 4.69) is 19.9 Å². The summed E-state index contributed by atoms with van der Waals surface area (Å²) in [4.78, 5) is 15.3. The van der Waals surface area contributed by atoms with Crippen LogP contribution in [0.3, 0.4) is 0 Å². The predicted molar refractivity (Wildman–Crippen MR) is 56.5 cm³/mol. The van der Waals surface area contributed by atoms with Crippen LogP contribution in [0.4, 0.5) is 0 Å². The molecule has 0 saturated heterocycles. The van der Waals surface area contributed by atoms with Gasteiger partial charge in [0.15, 0.2) is 0 Å². The molecule has 0 aliphatic rings. The first-order chi connectivity index (χ1) is 6.95. The Hall–Kier alpha value is -1.08. The lowest BCUT2D eigenvalue weighted by atomic mass is 10.1. The molecule has 0 bridgehead atoms. The summed E-state index contributed by atoms with van der Waals surface area (Å²) in [6.45, 7) is 3.42. The van der Waals surface area contributed by atoms with E-state index in [0.29, 0.717) is 10.9 Å². The minimum absolute atomic E-state index is 0.372. The van der Waals surface area contributed by atoms with Crippen LogP contribution >= 0.6 is 11.8 Å². The van der Waals surface area contributed by atoms with Crippen molar-refractivity contribution in [3.8, 4) is 0 Å². The molecule has 0 fully saturated rings. The quantitative estimate of drug-likeness (QED) is 0.562. The Balaban J connectivity index is 2.53. The second-order valence-electron chi connectivity index (χ2n) is 3.40. The number of carbonyl (C=O) groups excluding carboxylic acids is 1. The number of nitrogens with two attached hydrogens (primary N) is 1. The molecule has 1 aromatic heterocycles. The third kappa shape index (κ3) is 3.21. The third-order valence-corrected chi connectivity index (χ3v) is 2.91. The Labute approximate surface area is 92.0 Å². The van der Waals surface area contributed by atoms with Crippen LogP contribution in [0, 0.1) is 6.92 Å². The normalized spacial score (nSPS) is 14.7. The molecule has 0 spiro atoms. The molecule has 6 nitrogen and oxygen atoms in total. The van der Waals surface area contributed by atoms with Crippen molar-refractivity contribution in [2.45, 2.75) is 24.5 Å². The smallest absolute Gasteiger partial charge is 0.326 e. The van der Waals surface area contributed by atoms with Gasteiger partial charge in [-0.1, -0.05) is 11.8 Å². The van der Waals surface area contributed by atoms with Gasteiger partial charge in [-0.2, -0.15) is 0 Å². The number of ether oxygens (including phenoxy) is 1. The van der Waals surface area contributed by atoms with Crippen LogP contribution in [0.1, 0.15) is 12.7 Å². The number of hydrogen-bond acceptors (Lipinski definition) is 6. The van der Waals surface area contributed by atoms with Gasteiger partial charge in [0.25, 0.3) is 0 Å². The molecule has 7 heteroatoms. The highest BCUT2D eigenvalue weighted by molar-refractivity contribution is 7.99. The molecule has 0 radical (unpaired) electrons. The summed E-state index contributed by atoms with van der Waals surface area (Å²) in [7, 11) is 1.31. The zero-order chi connectivity index (χ0) is 11.5. The van der Waals surface area contributed by atoms with Crippen LogP contribution in [-0.4, -0.2) is 39.6 Å². The molecule has 0 amide bonds. The van der Waals surface area contributed by atoms with Gasteiger partial charge >= 0.3 is 5.97 Å². The van der Waals surface area contributed by atoms with Gasteiger partial charge in [-0.25, -0.2) is 4.98 Å². The number of aromatic amines is 1. The van der Waals surface area contributed by atoms with Crippen LogP contribution in [0.2, 0.25) is 0 Å². The molecule has 0 saturated carbocycles. The summed E-state index contributed by atoms with van der Waals surface area (Å²) in [5.74, 6) is 0.660. The Morgan fingerprint density at radius 2 is 2.40 bits per heavy atom. The van der Waals surface area contributed by atoms with E-state index >= 15 is 0 Å². The molecule has 1 unspecified atom stereocenters. The van der Waals surface area contributed by atoms with Crippen molar-refractivity contribution in [3.05, 3.63) is 5.82 Å². The van der Waals surface area contributed by atoms with Crippen LogP contribution in [0.25, 0.3) is 0 Å². The Morgan fingerprint density at radius 1 is 1.73 bits per heavy atom. The van der Waals surface area contributed by atoms with E-state index in [-0.39, 0.29) is 0 Å². The topological polar surface area (TPSA) is 93.9 Å². The van der Waals surface area contributed by atoms with Gasteiger partial charge in [0.1, 0.15) is 11.4 Å². The number of nitrogens with zero attached hydrogens (tertiary/aromatic N) is 2. The van der Waals surface area contributed by atoms with Gasteiger partial charge in [-0.15, -0.1) is 5.10 Å². The lowest BCUT2D eigenvalue weighted by Gasteiger charge is -2.19. The number of thioether (sulfide) groups is 1. The highest BCUT2D eigenvalue weighted by Crippen LogP contribution is 2.18. The van der Waals surface area contributed by atoms with E-state index in [1.165, 1.54) is 18.9 Å². The average molecular weight is 230 g/mol. The van der Waals surface area contributed by atoms with Crippen molar-refractivity contribution in [3.63, 3.8) is 0 Å². The van der Waals surface area contributed by atoms with Gasteiger partial charge < -0.3 is 10.5 Å². The molecule has 3 N–H and O–H groups in total. The number of nitrogens with one attached hydrogen (secondary N) is 1. The van der Waals surface area contributed by atoms with E-state index in [1.54, 1.807) is 13.8 Å². The number of carbonyl (C=O) groups is 1. The van der Waals surface area contributed by atoms with Crippen LogP contribution < -0.4 is 5.73 Å². The number of H-pyrrole nitrogens is 1. The molecular formula is C8H14N4O2S. The molecule has 15 heavy (non-hydrogen) atoms. The van der Waals surface area contributed by atoms with E-state index in [4.69, 9.17) is 5.73 Å². The molecule has 0 aliphatic heterocycles. The maximum Gasteiger partial charge on any atom is 0.326 e. The molecule has 1 heterocycles. The van der Waals surface area contributed by atoms with E-state index in [9.17, 15) is 4.79 Å². The summed E-state index contributed by atoms with van der Waals surface area (Å²) < 4.78 is 4.58. The highest BCUT2D eigenvalue weighted by Gasteiger charge is 2.30. The van der Waals surface area contributed by atoms with Crippen molar-refractivity contribution in [1.82, 2.24) is 15.2 Å². The summed E-state index contributed by atoms with van der Waals surface area (Å²) >= 11 is 1.31. The highest BCUT2D eigenvalue weighted by atomic mass is 32.2. The van der Waals surface area contributed by atoms with Gasteiger partial charge in [-0.05, 0) is 13.8 Å². The van der Waals surface area contributed by atoms with Crippen molar-refractivity contribution in [2.24, 2.45) is 5.73 Å². The Bertz CT molecular complexity index is 350. The summed E-state index contributed by atoms with van der Waals surface area (Å²) in [5.41, 5.74) is 4.74. The molecule has 1 atom stereocenters. The van der Waals surface area contributed by atoms with Gasteiger partial charge in [0, 0.05) is 5.75 Å². The standard InChI is InChI=1S/C8H14N4O2S/c1-5-10-7(12-11-5)15-4-8(2,9)6(13)14-3/h4,9H2,1-3H3,(H,10,11,12). The third-order valence-electron chi connectivity index (χ3n) is 1.73. The molecule has 84 valence electrons. The van der Waals surface area contributed by atoms with Gasteiger partial charge in [0.2, 0.25) is 5.16 Å².